The lowest BCUT2D eigenvalue weighted by Gasteiger charge is -2.13. The topological polar surface area (TPSA) is 51.2 Å². The zero-order chi connectivity index (χ0) is 16.2. The van der Waals surface area contributed by atoms with Crippen LogP contribution in [0.15, 0.2) is 60.8 Å². The third-order valence-corrected chi connectivity index (χ3v) is 3.79. The van der Waals surface area contributed by atoms with E-state index in [1.807, 2.05) is 61.5 Å². The van der Waals surface area contributed by atoms with Gasteiger partial charge in [0.15, 0.2) is 0 Å². The van der Waals surface area contributed by atoms with Crippen molar-refractivity contribution in [2.45, 2.75) is 13.0 Å². The second kappa shape index (κ2) is 6.48. The highest BCUT2D eigenvalue weighted by Crippen LogP contribution is 2.22. The van der Waals surface area contributed by atoms with Crippen LogP contribution in [-0.2, 0) is 0 Å². The van der Waals surface area contributed by atoms with Crippen molar-refractivity contribution >= 4 is 16.7 Å². The van der Waals surface area contributed by atoms with E-state index >= 15 is 0 Å². The van der Waals surface area contributed by atoms with E-state index in [-0.39, 0.29) is 11.9 Å². The van der Waals surface area contributed by atoms with Crippen LogP contribution in [0.1, 0.15) is 29.0 Å². The Morgan fingerprint density at radius 3 is 2.61 bits per heavy atom. The molecule has 3 rings (SSSR count). The second-order valence-corrected chi connectivity index (χ2v) is 5.38. The molecule has 0 spiro atoms. The molecule has 1 atom stereocenters. The highest BCUT2D eigenvalue weighted by Gasteiger charge is 2.12. The molecule has 4 nitrogen and oxygen atoms in total. The maximum atomic E-state index is 12.4. The summed E-state index contributed by atoms with van der Waals surface area (Å²) in [5, 5.41) is 5.02. The minimum Gasteiger partial charge on any atom is -0.497 e. The number of aromatic nitrogens is 1. The molecule has 0 aliphatic rings. The van der Waals surface area contributed by atoms with E-state index in [1.54, 1.807) is 13.3 Å². The average molecular weight is 306 g/mol. The summed E-state index contributed by atoms with van der Waals surface area (Å²) in [7, 11) is 1.64. The van der Waals surface area contributed by atoms with Crippen molar-refractivity contribution in [2.75, 3.05) is 7.11 Å². The van der Waals surface area contributed by atoms with Gasteiger partial charge in [0.25, 0.3) is 5.91 Å². The average Bonchev–Trinajstić information content (AvgIpc) is 2.61. The Balaban J connectivity index is 1.81. The van der Waals surface area contributed by atoms with Crippen LogP contribution in [0.4, 0.5) is 0 Å². The molecule has 0 fully saturated rings. The van der Waals surface area contributed by atoms with Crippen molar-refractivity contribution in [3.63, 3.8) is 0 Å². The van der Waals surface area contributed by atoms with Gasteiger partial charge in [0.05, 0.1) is 18.8 Å². The summed E-state index contributed by atoms with van der Waals surface area (Å²) in [6.45, 7) is 1.92. The van der Waals surface area contributed by atoms with E-state index in [4.69, 9.17) is 4.74 Å². The SMILES string of the molecule is COc1ccc2cc(C(=O)N[C@@H](C)c3ccccn3)ccc2c1. The first-order chi connectivity index (χ1) is 11.2. The summed E-state index contributed by atoms with van der Waals surface area (Å²) >= 11 is 0. The predicted molar refractivity (Wildman–Crippen MR) is 90.6 cm³/mol. The molecule has 0 bridgehead atoms. The van der Waals surface area contributed by atoms with Crippen molar-refractivity contribution in [3.8, 4) is 5.75 Å². The summed E-state index contributed by atoms with van der Waals surface area (Å²) in [5.74, 6) is 0.694. The number of nitrogens with one attached hydrogen (secondary N) is 1. The van der Waals surface area contributed by atoms with Crippen LogP contribution in [-0.4, -0.2) is 18.0 Å². The van der Waals surface area contributed by atoms with Gasteiger partial charge in [-0.25, -0.2) is 0 Å². The maximum absolute atomic E-state index is 12.4. The lowest BCUT2D eigenvalue weighted by molar-refractivity contribution is 0.0939. The van der Waals surface area contributed by atoms with Gasteiger partial charge in [-0.3, -0.25) is 9.78 Å². The van der Waals surface area contributed by atoms with E-state index < -0.39 is 0 Å². The Labute approximate surface area is 135 Å². The fourth-order valence-electron chi connectivity index (χ4n) is 2.48. The van der Waals surface area contributed by atoms with Crippen LogP contribution in [0.25, 0.3) is 10.8 Å². The first kappa shape index (κ1) is 15.0. The predicted octanol–water partition coefficient (Wildman–Crippen LogP) is 3.73. The fraction of sp³-hybridized carbons (Fsp3) is 0.158. The van der Waals surface area contributed by atoms with Crippen LogP contribution in [0.3, 0.4) is 0 Å². The molecular weight excluding hydrogens is 288 g/mol. The number of ether oxygens (including phenoxy) is 1. The summed E-state index contributed by atoms with van der Waals surface area (Å²) < 4.78 is 5.22. The molecule has 1 N–H and O–H groups in total. The summed E-state index contributed by atoms with van der Waals surface area (Å²) in [5.41, 5.74) is 1.47. The van der Waals surface area contributed by atoms with Gasteiger partial charge in [0.1, 0.15) is 5.75 Å². The van der Waals surface area contributed by atoms with Gasteiger partial charge >= 0.3 is 0 Å². The number of rotatable bonds is 4. The zero-order valence-electron chi connectivity index (χ0n) is 13.1. The van der Waals surface area contributed by atoms with Crippen molar-refractivity contribution < 1.29 is 9.53 Å². The highest BCUT2D eigenvalue weighted by molar-refractivity contribution is 5.99. The van der Waals surface area contributed by atoms with Gasteiger partial charge in [-0.2, -0.15) is 0 Å². The Hall–Kier alpha value is -2.88. The molecule has 23 heavy (non-hydrogen) atoms. The third-order valence-electron chi connectivity index (χ3n) is 3.79. The largest absolute Gasteiger partial charge is 0.497 e. The van der Waals surface area contributed by atoms with Crippen LogP contribution < -0.4 is 10.1 Å². The standard InChI is InChI=1S/C19H18N2O2/c1-13(18-5-3-4-10-20-18)21-19(22)16-7-6-15-12-17(23-2)9-8-14(15)11-16/h3-13H,1-2H3,(H,21,22)/t13-/m0/s1. The Bertz CT molecular complexity index is 831. The first-order valence-corrected chi connectivity index (χ1v) is 7.47. The quantitative estimate of drug-likeness (QED) is 0.799. The number of hydrogen-bond acceptors (Lipinski definition) is 3. The van der Waals surface area contributed by atoms with E-state index in [0.717, 1.165) is 22.2 Å². The Morgan fingerprint density at radius 2 is 1.87 bits per heavy atom. The highest BCUT2D eigenvalue weighted by atomic mass is 16.5. The van der Waals surface area contributed by atoms with E-state index in [2.05, 4.69) is 10.3 Å². The molecule has 1 heterocycles. The summed E-state index contributed by atoms with van der Waals surface area (Å²) in [4.78, 5) is 16.7. The number of fused-ring (bicyclic) bond motifs is 1. The number of hydrogen-bond donors (Lipinski definition) is 1. The van der Waals surface area contributed by atoms with Crippen LogP contribution in [0.2, 0.25) is 0 Å². The normalized spacial score (nSPS) is 11.9. The van der Waals surface area contributed by atoms with E-state index in [1.165, 1.54) is 0 Å². The molecule has 0 radical (unpaired) electrons. The van der Waals surface area contributed by atoms with Gasteiger partial charge in [0, 0.05) is 11.8 Å². The molecule has 1 amide bonds. The number of nitrogens with zero attached hydrogens (tertiary/aromatic N) is 1. The summed E-state index contributed by atoms with van der Waals surface area (Å²) in [6.07, 6.45) is 1.72. The van der Waals surface area contributed by atoms with Crippen molar-refractivity contribution in [1.29, 1.82) is 0 Å². The van der Waals surface area contributed by atoms with Gasteiger partial charge < -0.3 is 10.1 Å². The zero-order valence-corrected chi connectivity index (χ0v) is 13.1. The van der Waals surface area contributed by atoms with Crippen LogP contribution in [0.5, 0.6) is 5.75 Å². The number of methoxy groups -OCH3 is 1. The second-order valence-electron chi connectivity index (χ2n) is 5.38. The molecule has 0 aliphatic heterocycles. The minimum atomic E-state index is -0.143. The molecular formula is C19H18N2O2. The third kappa shape index (κ3) is 3.31. The molecule has 0 saturated carbocycles. The van der Waals surface area contributed by atoms with Crippen LogP contribution >= 0.6 is 0 Å². The van der Waals surface area contributed by atoms with Gasteiger partial charge in [0.2, 0.25) is 0 Å². The minimum absolute atomic E-state index is 0.110. The van der Waals surface area contributed by atoms with Gasteiger partial charge in [-0.15, -0.1) is 0 Å². The fourth-order valence-corrected chi connectivity index (χ4v) is 2.48. The molecule has 2 aromatic carbocycles. The van der Waals surface area contributed by atoms with Crippen molar-refractivity contribution in [1.82, 2.24) is 10.3 Å². The molecule has 0 unspecified atom stereocenters. The number of carbonyl (C=O) groups is 1. The maximum Gasteiger partial charge on any atom is 0.251 e. The number of amides is 1. The summed E-state index contributed by atoms with van der Waals surface area (Å²) in [6, 6.07) is 17.0. The van der Waals surface area contributed by atoms with Crippen LogP contribution in [0, 0.1) is 0 Å². The molecule has 116 valence electrons. The molecule has 3 aromatic rings. The molecule has 0 saturated heterocycles. The molecule has 0 aliphatic carbocycles. The smallest absolute Gasteiger partial charge is 0.251 e. The molecule has 4 heteroatoms. The van der Waals surface area contributed by atoms with Crippen molar-refractivity contribution in [3.05, 3.63) is 72.1 Å². The van der Waals surface area contributed by atoms with Gasteiger partial charge in [-0.1, -0.05) is 18.2 Å². The van der Waals surface area contributed by atoms with Crippen molar-refractivity contribution in [2.24, 2.45) is 0 Å². The van der Waals surface area contributed by atoms with E-state index in [0.29, 0.717) is 5.56 Å². The lowest BCUT2D eigenvalue weighted by atomic mass is 10.1. The lowest BCUT2D eigenvalue weighted by Crippen LogP contribution is -2.27. The number of carbonyl (C=O) groups excluding carboxylic acids is 1. The number of benzene rings is 2. The Morgan fingerprint density at radius 1 is 1.09 bits per heavy atom. The number of pyridine rings is 1. The monoisotopic (exact) mass is 306 g/mol. The molecule has 1 aromatic heterocycles. The van der Waals surface area contributed by atoms with E-state index in [9.17, 15) is 4.79 Å². The van der Waals surface area contributed by atoms with Gasteiger partial charge in [-0.05, 0) is 54.1 Å². The Kier molecular flexibility index (Phi) is 4.24. The first-order valence-electron chi connectivity index (χ1n) is 7.47.